The molecule has 4 heterocycles. The number of fused-ring (bicyclic) bond motifs is 3. The predicted octanol–water partition coefficient (Wildman–Crippen LogP) is 8.20. The van der Waals surface area contributed by atoms with E-state index in [-0.39, 0.29) is 0 Å². The zero-order valence-electron chi connectivity index (χ0n) is 16.8. The van der Waals surface area contributed by atoms with E-state index < -0.39 is 0 Å². The molecule has 2 nitrogen and oxygen atoms in total. The van der Waals surface area contributed by atoms with Crippen LogP contribution in [0.3, 0.4) is 0 Å². The molecule has 0 aliphatic rings. The Morgan fingerprint density at radius 3 is 1.44 bits per heavy atom. The molecule has 0 saturated heterocycles. The monoisotopic (exact) mass is 488 g/mol. The molecule has 0 atom stereocenters. The summed E-state index contributed by atoms with van der Waals surface area (Å²) in [5, 5.41) is 2.37. The summed E-state index contributed by atoms with van der Waals surface area (Å²) in [6.45, 7) is 0. The first-order valence-electron chi connectivity index (χ1n) is 10.2. The molecule has 0 saturated carbocycles. The maximum absolute atomic E-state index is 11.6. The minimum atomic E-state index is 0.782. The van der Waals surface area contributed by atoms with Gasteiger partial charge in [0, 0.05) is 41.4 Å². The van der Waals surface area contributed by atoms with Gasteiger partial charge in [-0.05, 0) is 46.2 Å². The molecule has 0 radical (unpaired) electrons. The van der Waals surface area contributed by atoms with E-state index in [9.17, 15) is 9.59 Å². The molecular formula is C26H16O2S4. The van der Waals surface area contributed by atoms with Crippen molar-refractivity contribution >= 4 is 87.5 Å². The van der Waals surface area contributed by atoms with Crippen molar-refractivity contribution < 1.29 is 9.59 Å². The Kier molecular flexibility index (Phi) is 5.03. The fraction of sp³-hybridized carbons (Fsp3) is 0.0769. The molecule has 0 N–H and O–H groups in total. The average Bonchev–Trinajstić information content (AvgIpc) is 3.55. The minimum absolute atomic E-state index is 0.782. The summed E-state index contributed by atoms with van der Waals surface area (Å²) in [5.41, 5.74) is 2.27. The highest BCUT2D eigenvalue weighted by Gasteiger charge is 2.16. The molecule has 32 heavy (non-hydrogen) atoms. The van der Waals surface area contributed by atoms with Crippen molar-refractivity contribution in [2.24, 2.45) is 0 Å². The zero-order chi connectivity index (χ0) is 21.7. The number of thiophene rings is 4. The summed E-state index contributed by atoms with van der Waals surface area (Å²) < 4.78 is 4.89. The molecule has 0 aliphatic heterocycles. The Labute approximate surface area is 200 Å². The first-order valence-corrected chi connectivity index (χ1v) is 13.4. The van der Waals surface area contributed by atoms with Gasteiger partial charge in [-0.15, -0.1) is 45.3 Å². The van der Waals surface area contributed by atoms with Crippen LogP contribution in [0.4, 0.5) is 0 Å². The van der Waals surface area contributed by atoms with Gasteiger partial charge in [-0.25, -0.2) is 0 Å². The first-order chi connectivity index (χ1) is 15.7. The third-order valence-electron chi connectivity index (χ3n) is 5.68. The highest BCUT2D eigenvalue weighted by molar-refractivity contribution is 7.28. The van der Waals surface area contributed by atoms with Crippen LogP contribution in [0.15, 0.2) is 60.7 Å². The van der Waals surface area contributed by atoms with Crippen LogP contribution in [0.5, 0.6) is 0 Å². The van der Waals surface area contributed by atoms with Crippen LogP contribution in [0.1, 0.15) is 40.2 Å². The summed E-state index contributed by atoms with van der Waals surface area (Å²) in [5.74, 6) is 0. The zero-order valence-corrected chi connectivity index (χ0v) is 20.1. The fourth-order valence-electron chi connectivity index (χ4n) is 4.25. The smallest absolute Gasteiger partial charge is 0.160 e. The van der Waals surface area contributed by atoms with Gasteiger partial charge in [-0.2, -0.15) is 0 Å². The lowest BCUT2D eigenvalue weighted by molar-refractivity contribution is 0.111. The third kappa shape index (κ3) is 3.35. The van der Waals surface area contributed by atoms with Crippen LogP contribution < -0.4 is 0 Å². The highest BCUT2D eigenvalue weighted by atomic mass is 32.1. The van der Waals surface area contributed by atoms with E-state index in [4.69, 9.17) is 0 Å². The molecule has 6 aromatic rings. The second-order valence-corrected chi connectivity index (χ2v) is 12.1. The van der Waals surface area contributed by atoms with Crippen molar-refractivity contribution in [3.05, 3.63) is 91.3 Å². The third-order valence-corrected chi connectivity index (χ3v) is 10.3. The maximum Gasteiger partial charge on any atom is 0.160 e. The molecule has 0 spiro atoms. The second-order valence-electron chi connectivity index (χ2n) is 7.63. The predicted molar refractivity (Wildman–Crippen MR) is 140 cm³/mol. The van der Waals surface area contributed by atoms with Crippen molar-refractivity contribution in [1.29, 1.82) is 0 Å². The number of aldehydes is 2. The first kappa shape index (κ1) is 20.0. The molecule has 0 unspecified atom stereocenters. The summed E-state index contributed by atoms with van der Waals surface area (Å²) in [7, 11) is 0. The van der Waals surface area contributed by atoms with Crippen molar-refractivity contribution in [1.82, 2.24) is 0 Å². The molecule has 0 amide bonds. The van der Waals surface area contributed by atoms with E-state index >= 15 is 0 Å². The van der Waals surface area contributed by atoms with Gasteiger partial charge in [-0.1, -0.05) is 36.4 Å². The van der Waals surface area contributed by atoms with Gasteiger partial charge in [-0.3, -0.25) is 9.59 Å². The van der Waals surface area contributed by atoms with Crippen molar-refractivity contribution in [3.63, 3.8) is 0 Å². The van der Waals surface area contributed by atoms with E-state index in [2.05, 4.69) is 36.4 Å². The molecular weight excluding hydrogens is 473 g/mol. The Balaban J connectivity index is 1.33. The maximum atomic E-state index is 11.6. The van der Waals surface area contributed by atoms with Gasteiger partial charge in [0.1, 0.15) is 0 Å². The quantitative estimate of drug-likeness (QED) is 0.221. The van der Waals surface area contributed by atoms with Crippen molar-refractivity contribution in [3.8, 4) is 0 Å². The van der Waals surface area contributed by atoms with E-state index in [0.29, 0.717) is 0 Å². The van der Waals surface area contributed by atoms with Crippen LogP contribution in [0, 0.1) is 0 Å². The van der Waals surface area contributed by atoms with E-state index in [0.717, 1.165) is 46.3 Å². The molecule has 6 rings (SSSR count). The molecule has 156 valence electrons. The van der Waals surface area contributed by atoms with Crippen LogP contribution >= 0.6 is 45.3 Å². The summed E-state index contributed by atoms with van der Waals surface area (Å²) in [4.78, 5) is 27.5. The Hall–Kier alpha value is -2.64. The molecule has 0 bridgehead atoms. The molecule has 0 aliphatic carbocycles. The number of hydrogen-bond acceptors (Lipinski definition) is 6. The number of rotatable bonds is 6. The lowest BCUT2D eigenvalue weighted by Gasteiger charge is -2.00. The standard InChI is InChI=1S/C26H16O2S4/c27-13-25-19(17-5-1-3-7-21(17)31-25)9-15-11-23-24(29-15)12-16(30-23)10-20-18-6-2-4-8-22(18)32-26(20)14-28/h1-8,11-14H,9-10H2. The fourth-order valence-corrected chi connectivity index (χ4v) is 8.80. The largest absolute Gasteiger partial charge is 0.297 e. The topological polar surface area (TPSA) is 34.1 Å². The average molecular weight is 489 g/mol. The molecule has 0 fully saturated rings. The lowest BCUT2D eigenvalue weighted by atomic mass is 10.1. The van der Waals surface area contributed by atoms with Gasteiger partial charge < -0.3 is 0 Å². The SMILES string of the molecule is O=Cc1sc2ccccc2c1Cc1cc2sc(Cc3c(C=O)sc4ccccc34)cc2s1. The Morgan fingerprint density at radius 1 is 0.562 bits per heavy atom. The number of benzene rings is 2. The van der Waals surface area contributed by atoms with E-state index in [1.807, 2.05) is 24.3 Å². The van der Waals surface area contributed by atoms with Gasteiger partial charge in [0.25, 0.3) is 0 Å². The molecule has 6 heteroatoms. The summed E-state index contributed by atoms with van der Waals surface area (Å²) in [6.07, 6.45) is 3.54. The van der Waals surface area contributed by atoms with Gasteiger partial charge >= 0.3 is 0 Å². The summed E-state index contributed by atoms with van der Waals surface area (Å²) in [6, 6.07) is 21.0. The van der Waals surface area contributed by atoms with Crippen molar-refractivity contribution in [2.75, 3.05) is 0 Å². The normalized spacial score (nSPS) is 11.6. The van der Waals surface area contributed by atoms with E-state index in [1.165, 1.54) is 39.3 Å². The number of hydrogen-bond donors (Lipinski definition) is 0. The number of carbonyl (C=O) groups is 2. The van der Waals surface area contributed by atoms with Gasteiger partial charge in [0.2, 0.25) is 0 Å². The Morgan fingerprint density at radius 2 is 1.00 bits per heavy atom. The van der Waals surface area contributed by atoms with Crippen molar-refractivity contribution in [2.45, 2.75) is 12.8 Å². The number of carbonyl (C=O) groups excluding carboxylic acids is 2. The second kappa shape index (κ2) is 8.05. The molecule has 2 aromatic carbocycles. The van der Waals surface area contributed by atoms with Gasteiger partial charge in [0.15, 0.2) is 12.6 Å². The Bertz CT molecular complexity index is 1480. The van der Waals surface area contributed by atoms with Crippen LogP contribution in [0.2, 0.25) is 0 Å². The van der Waals surface area contributed by atoms with E-state index in [1.54, 1.807) is 45.3 Å². The lowest BCUT2D eigenvalue weighted by Crippen LogP contribution is -1.88. The molecule has 4 aromatic heterocycles. The summed E-state index contributed by atoms with van der Waals surface area (Å²) >= 11 is 6.75. The van der Waals surface area contributed by atoms with Crippen LogP contribution in [0.25, 0.3) is 29.6 Å². The van der Waals surface area contributed by atoms with Crippen LogP contribution in [-0.2, 0) is 12.8 Å². The van der Waals surface area contributed by atoms with Gasteiger partial charge in [0.05, 0.1) is 9.75 Å². The highest BCUT2D eigenvalue weighted by Crippen LogP contribution is 2.39. The minimum Gasteiger partial charge on any atom is -0.297 e. The van der Waals surface area contributed by atoms with Crippen LogP contribution in [-0.4, -0.2) is 12.6 Å².